The van der Waals surface area contributed by atoms with Crippen LogP contribution in [-0.4, -0.2) is 40.0 Å². The Morgan fingerprint density at radius 2 is 1.79 bits per heavy atom. The maximum absolute atomic E-state index is 13.8. The Kier molecular flexibility index (Phi) is 4.43. The number of pyridine rings is 1. The van der Waals surface area contributed by atoms with Crippen LogP contribution in [0, 0.1) is 0 Å². The minimum atomic E-state index is -0.586. The van der Waals surface area contributed by atoms with Gasteiger partial charge < -0.3 is 9.64 Å². The predicted molar refractivity (Wildman–Crippen MR) is 109 cm³/mol. The number of hydrogen-bond acceptors (Lipinski definition) is 4. The Morgan fingerprint density at radius 1 is 1.03 bits per heavy atom. The van der Waals surface area contributed by atoms with Crippen LogP contribution < -0.4 is 5.56 Å². The van der Waals surface area contributed by atoms with Crippen molar-refractivity contribution >= 4 is 11.6 Å². The average molecular weight is 389 g/mol. The summed E-state index contributed by atoms with van der Waals surface area (Å²) in [5.74, 6) is 0.0928. The van der Waals surface area contributed by atoms with Gasteiger partial charge in [-0.25, -0.2) is 4.98 Å². The highest BCUT2D eigenvalue weighted by molar-refractivity contribution is 5.88. The molecule has 0 aliphatic carbocycles. The second-order valence-corrected chi connectivity index (χ2v) is 7.81. The third kappa shape index (κ3) is 2.95. The number of amides is 1. The number of nitrogens with zero attached hydrogens (tertiary/aromatic N) is 3. The smallest absolute Gasteiger partial charge is 0.263 e. The fraction of sp³-hybridized carbons (Fsp3) is 0.348. The van der Waals surface area contributed by atoms with Gasteiger partial charge in [0, 0.05) is 32.4 Å². The van der Waals surface area contributed by atoms with Gasteiger partial charge in [-0.1, -0.05) is 36.4 Å². The number of aromatic nitrogens is 2. The largest absolute Gasteiger partial charge is 0.381 e. The molecular weight excluding hydrogens is 366 g/mol. The Balaban J connectivity index is 1.53. The zero-order chi connectivity index (χ0) is 19.8. The van der Waals surface area contributed by atoms with Gasteiger partial charge in [-0.3, -0.25) is 14.0 Å². The molecule has 0 saturated carbocycles. The van der Waals surface area contributed by atoms with Crippen molar-refractivity contribution in [2.45, 2.75) is 31.2 Å². The summed E-state index contributed by atoms with van der Waals surface area (Å²) in [5.41, 5.74) is 2.46. The van der Waals surface area contributed by atoms with E-state index in [1.165, 1.54) is 0 Å². The molecule has 0 unspecified atom stereocenters. The minimum Gasteiger partial charge on any atom is -0.381 e. The first kappa shape index (κ1) is 18.1. The summed E-state index contributed by atoms with van der Waals surface area (Å²) >= 11 is 0. The van der Waals surface area contributed by atoms with Crippen LogP contribution in [0.3, 0.4) is 0 Å². The molecule has 1 saturated heterocycles. The van der Waals surface area contributed by atoms with Gasteiger partial charge in [-0.05, 0) is 30.5 Å². The Morgan fingerprint density at radius 3 is 2.59 bits per heavy atom. The summed E-state index contributed by atoms with van der Waals surface area (Å²) in [4.78, 5) is 33.3. The van der Waals surface area contributed by atoms with Crippen LogP contribution in [0.15, 0.2) is 59.5 Å². The number of benzene rings is 1. The van der Waals surface area contributed by atoms with Crippen LogP contribution in [0.5, 0.6) is 0 Å². The van der Waals surface area contributed by atoms with Crippen molar-refractivity contribution in [3.63, 3.8) is 0 Å². The van der Waals surface area contributed by atoms with E-state index in [0.717, 1.165) is 11.3 Å². The summed E-state index contributed by atoms with van der Waals surface area (Å²) in [5, 5.41) is 0. The van der Waals surface area contributed by atoms with Gasteiger partial charge in [-0.15, -0.1) is 0 Å². The number of carbonyl (C=O) groups is 1. The molecule has 0 N–H and O–H groups in total. The van der Waals surface area contributed by atoms with Crippen molar-refractivity contribution in [1.82, 2.24) is 14.3 Å². The number of ether oxygens (including phenoxy) is 1. The van der Waals surface area contributed by atoms with Crippen molar-refractivity contribution in [2.24, 2.45) is 0 Å². The topological polar surface area (TPSA) is 63.9 Å². The van der Waals surface area contributed by atoms with Gasteiger partial charge in [0.25, 0.3) is 5.56 Å². The number of carbonyl (C=O) groups excluding carboxylic acids is 1. The lowest BCUT2D eigenvalue weighted by Gasteiger charge is -2.41. The van der Waals surface area contributed by atoms with Gasteiger partial charge in [0.05, 0.1) is 23.2 Å². The molecule has 4 heterocycles. The maximum atomic E-state index is 13.8. The molecule has 2 aliphatic heterocycles. The Labute approximate surface area is 168 Å². The lowest BCUT2D eigenvalue weighted by molar-refractivity contribution is -0.142. The summed E-state index contributed by atoms with van der Waals surface area (Å²) in [6, 6.07) is 15.5. The van der Waals surface area contributed by atoms with Gasteiger partial charge in [0.15, 0.2) is 0 Å². The lowest BCUT2D eigenvalue weighted by atomic mass is 9.72. The number of rotatable bonds is 2. The first-order chi connectivity index (χ1) is 14.2. The van der Waals surface area contributed by atoms with E-state index in [1.807, 2.05) is 53.4 Å². The van der Waals surface area contributed by atoms with Gasteiger partial charge in [0.2, 0.25) is 5.91 Å². The Bertz CT molecular complexity index is 1120. The highest BCUT2D eigenvalue weighted by atomic mass is 16.5. The molecule has 0 atom stereocenters. The summed E-state index contributed by atoms with van der Waals surface area (Å²) in [6.07, 6.45) is 3.65. The Hall–Kier alpha value is -2.99. The summed E-state index contributed by atoms with van der Waals surface area (Å²) < 4.78 is 7.14. The van der Waals surface area contributed by atoms with Gasteiger partial charge in [0.1, 0.15) is 5.65 Å². The monoisotopic (exact) mass is 389 g/mol. The van der Waals surface area contributed by atoms with E-state index in [0.29, 0.717) is 56.8 Å². The van der Waals surface area contributed by atoms with E-state index in [4.69, 9.17) is 4.74 Å². The van der Waals surface area contributed by atoms with Crippen molar-refractivity contribution in [3.8, 4) is 0 Å². The molecule has 1 aromatic carbocycles. The molecule has 2 aliphatic rings. The standard InChI is InChI=1S/C23H23N3O3/c27-21-18-16-25(13-9-19(18)24-20-8-4-5-12-26(20)21)22(28)23(10-14-29-15-11-23)17-6-2-1-3-7-17/h1-8,12H,9-11,13-16H2. The summed E-state index contributed by atoms with van der Waals surface area (Å²) in [6.45, 7) is 2.03. The van der Waals surface area contributed by atoms with Crippen molar-refractivity contribution in [3.05, 3.63) is 81.9 Å². The molecule has 148 valence electrons. The van der Waals surface area contributed by atoms with Crippen LogP contribution in [-0.2, 0) is 27.9 Å². The van der Waals surface area contributed by atoms with Gasteiger partial charge >= 0.3 is 0 Å². The molecular formula is C23H23N3O3. The average Bonchev–Trinajstić information content (AvgIpc) is 2.80. The first-order valence-electron chi connectivity index (χ1n) is 10.1. The quantitative estimate of drug-likeness (QED) is 0.675. The lowest BCUT2D eigenvalue weighted by Crippen LogP contribution is -2.52. The van der Waals surface area contributed by atoms with Crippen LogP contribution >= 0.6 is 0 Å². The third-order valence-electron chi connectivity index (χ3n) is 6.25. The zero-order valence-electron chi connectivity index (χ0n) is 16.2. The maximum Gasteiger partial charge on any atom is 0.263 e. The van der Waals surface area contributed by atoms with E-state index in [1.54, 1.807) is 10.6 Å². The molecule has 6 nitrogen and oxygen atoms in total. The normalized spacial score (nSPS) is 18.4. The molecule has 6 heteroatoms. The van der Waals surface area contributed by atoms with E-state index in [2.05, 4.69) is 4.98 Å². The van der Waals surface area contributed by atoms with Crippen LogP contribution in [0.2, 0.25) is 0 Å². The molecule has 0 bridgehead atoms. The van der Waals surface area contributed by atoms with Gasteiger partial charge in [-0.2, -0.15) is 0 Å². The van der Waals surface area contributed by atoms with Crippen molar-refractivity contribution in [1.29, 1.82) is 0 Å². The van der Waals surface area contributed by atoms with E-state index >= 15 is 0 Å². The molecule has 2 aromatic heterocycles. The van der Waals surface area contributed by atoms with E-state index in [9.17, 15) is 9.59 Å². The number of fused-ring (bicyclic) bond motifs is 2. The molecule has 5 rings (SSSR count). The highest BCUT2D eigenvalue weighted by Gasteiger charge is 2.44. The first-order valence-corrected chi connectivity index (χ1v) is 10.1. The predicted octanol–water partition coefficient (Wildman–Crippen LogP) is 2.33. The molecule has 0 spiro atoms. The van der Waals surface area contributed by atoms with E-state index < -0.39 is 5.41 Å². The fourth-order valence-electron chi connectivity index (χ4n) is 4.63. The summed E-state index contributed by atoms with van der Waals surface area (Å²) in [7, 11) is 0. The zero-order valence-corrected chi connectivity index (χ0v) is 16.2. The molecule has 29 heavy (non-hydrogen) atoms. The van der Waals surface area contributed by atoms with Crippen LogP contribution in [0.1, 0.15) is 29.7 Å². The molecule has 0 radical (unpaired) electrons. The van der Waals surface area contributed by atoms with E-state index in [-0.39, 0.29) is 11.5 Å². The minimum absolute atomic E-state index is 0.0798. The van der Waals surface area contributed by atoms with Crippen LogP contribution in [0.4, 0.5) is 0 Å². The second kappa shape index (κ2) is 7.12. The molecule has 1 amide bonds. The highest BCUT2D eigenvalue weighted by Crippen LogP contribution is 2.37. The second-order valence-electron chi connectivity index (χ2n) is 7.81. The number of hydrogen-bond donors (Lipinski definition) is 0. The SMILES string of the molecule is O=C(N1CCc2nc3ccccn3c(=O)c2C1)C1(c2ccccc2)CCOCC1. The van der Waals surface area contributed by atoms with Crippen molar-refractivity contribution < 1.29 is 9.53 Å². The van der Waals surface area contributed by atoms with Crippen molar-refractivity contribution in [2.75, 3.05) is 19.8 Å². The molecule has 3 aromatic rings. The van der Waals surface area contributed by atoms with Crippen LogP contribution in [0.25, 0.3) is 5.65 Å². The fourth-order valence-corrected chi connectivity index (χ4v) is 4.63. The molecule has 1 fully saturated rings. The third-order valence-corrected chi connectivity index (χ3v) is 6.25.